The quantitative estimate of drug-likeness (QED) is 0.152. The predicted molar refractivity (Wildman–Crippen MR) is 241 cm³/mol. The number of aromatic nitrogens is 2. The van der Waals surface area contributed by atoms with Crippen LogP contribution in [0.25, 0.3) is 89.2 Å². The average Bonchev–Trinajstić information content (AvgIpc) is 3.61. The molecule has 1 aromatic heterocycles. The summed E-state index contributed by atoms with van der Waals surface area (Å²) in [5.41, 5.74) is 16.2. The second kappa shape index (κ2) is 15.1. The summed E-state index contributed by atoms with van der Waals surface area (Å²) in [5.74, 6) is 0. The van der Waals surface area contributed by atoms with E-state index >= 15 is 4.79 Å². The summed E-state index contributed by atoms with van der Waals surface area (Å²) in [7, 11) is 0. The molecule has 10 rings (SSSR count). The van der Waals surface area contributed by atoms with Gasteiger partial charge in [-0.15, -0.1) is 0 Å². The third kappa shape index (κ3) is 6.65. The minimum Gasteiger partial charge on any atom is -0.260 e. The first-order valence-electron chi connectivity index (χ1n) is 19.6. The van der Waals surface area contributed by atoms with Gasteiger partial charge < -0.3 is 0 Å². The van der Waals surface area contributed by atoms with Crippen LogP contribution in [0.3, 0.4) is 0 Å². The molecule has 0 amide bonds. The maximum absolute atomic E-state index is 15.3. The highest BCUT2D eigenvalue weighted by Crippen LogP contribution is 2.36. The maximum atomic E-state index is 15.3. The van der Waals surface area contributed by atoms with Crippen LogP contribution in [-0.4, -0.2) is 9.13 Å². The molecule has 0 aliphatic rings. The van der Waals surface area contributed by atoms with Crippen LogP contribution < -0.4 is 5.69 Å². The first kappa shape index (κ1) is 34.7. The Morgan fingerprint density at radius 2 is 0.466 bits per heavy atom. The van der Waals surface area contributed by atoms with Gasteiger partial charge in [-0.1, -0.05) is 170 Å². The Kier molecular flexibility index (Phi) is 9.02. The van der Waals surface area contributed by atoms with Crippen molar-refractivity contribution >= 4 is 11.0 Å². The molecule has 0 radical (unpaired) electrons. The Balaban J connectivity index is 1.18. The summed E-state index contributed by atoms with van der Waals surface area (Å²) >= 11 is 0. The summed E-state index contributed by atoms with van der Waals surface area (Å²) in [4.78, 5) is 15.3. The fourth-order valence-corrected chi connectivity index (χ4v) is 8.07. The zero-order valence-corrected chi connectivity index (χ0v) is 31.7. The molecule has 0 aliphatic heterocycles. The second-order valence-electron chi connectivity index (χ2n) is 14.6. The highest BCUT2D eigenvalue weighted by molar-refractivity contribution is 5.85. The topological polar surface area (TPSA) is 26.9 Å². The van der Waals surface area contributed by atoms with Gasteiger partial charge >= 0.3 is 5.69 Å². The molecule has 0 unspecified atom stereocenters. The van der Waals surface area contributed by atoms with Crippen LogP contribution in [0, 0.1) is 0 Å². The third-order valence-corrected chi connectivity index (χ3v) is 10.9. The Bertz CT molecular complexity index is 2900. The lowest BCUT2D eigenvalue weighted by Gasteiger charge is -2.13. The van der Waals surface area contributed by atoms with Crippen molar-refractivity contribution in [2.24, 2.45) is 0 Å². The first-order chi connectivity index (χ1) is 28.7. The number of hydrogen-bond acceptors (Lipinski definition) is 1. The van der Waals surface area contributed by atoms with Crippen molar-refractivity contribution in [1.82, 2.24) is 9.13 Å². The number of imidazole rings is 1. The highest BCUT2D eigenvalue weighted by Gasteiger charge is 2.19. The summed E-state index contributed by atoms with van der Waals surface area (Å²) in [6.45, 7) is 0. The average molecular weight is 743 g/mol. The number of para-hydroxylation sites is 2. The van der Waals surface area contributed by atoms with E-state index in [4.69, 9.17) is 0 Å². The monoisotopic (exact) mass is 742 g/mol. The zero-order valence-electron chi connectivity index (χ0n) is 31.7. The van der Waals surface area contributed by atoms with Crippen molar-refractivity contribution in [3.8, 4) is 78.1 Å². The van der Waals surface area contributed by atoms with Crippen LogP contribution in [0.1, 0.15) is 0 Å². The van der Waals surface area contributed by atoms with Crippen LogP contribution >= 0.6 is 0 Å². The molecule has 9 aromatic carbocycles. The number of benzene rings is 9. The summed E-state index contributed by atoms with van der Waals surface area (Å²) < 4.78 is 3.74. The zero-order chi connectivity index (χ0) is 38.8. The number of fused-ring (bicyclic) bond motifs is 1. The van der Waals surface area contributed by atoms with Gasteiger partial charge in [-0.3, -0.25) is 9.13 Å². The van der Waals surface area contributed by atoms with E-state index in [0.29, 0.717) is 0 Å². The number of rotatable bonds is 8. The Morgan fingerprint density at radius 1 is 0.224 bits per heavy atom. The van der Waals surface area contributed by atoms with Gasteiger partial charge in [0.15, 0.2) is 0 Å². The molecule has 58 heavy (non-hydrogen) atoms. The lowest BCUT2D eigenvalue weighted by atomic mass is 9.95. The van der Waals surface area contributed by atoms with Gasteiger partial charge in [0.1, 0.15) is 0 Å². The van der Waals surface area contributed by atoms with Crippen LogP contribution in [0.5, 0.6) is 0 Å². The van der Waals surface area contributed by atoms with Crippen molar-refractivity contribution in [3.05, 3.63) is 241 Å². The Hall–Kier alpha value is -7.75. The SMILES string of the molecule is O=c1n(-c2cc(-c3ccccc3)cc(-c3cccc(-c4ccccc4)c3)c2)c2ccccc2n1-c1cc(-c2ccccc2)cc(-c2cccc(-c3ccccc3)c2)c1. The van der Waals surface area contributed by atoms with Gasteiger partial charge in [0.2, 0.25) is 0 Å². The van der Waals surface area contributed by atoms with Gasteiger partial charge in [0, 0.05) is 0 Å². The minimum atomic E-state index is -0.135. The van der Waals surface area contributed by atoms with E-state index in [1.165, 1.54) is 0 Å². The van der Waals surface area contributed by atoms with Gasteiger partial charge in [0.05, 0.1) is 22.4 Å². The predicted octanol–water partition coefficient (Wildman–Crippen LogP) is 13.8. The van der Waals surface area contributed by atoms with E-state index in [1.54, 1.807) is 0 Å². The molecule has 1 heterocycles. The molecule has 0 spiro atoms. The van der Waals surface area contributed by atoms with Crippen molar-refractivity contribution in [2.75, 3.05) is 0 Å². The minimum absolute atomic E-state index is 0.135. The van der Waals surface area contributed by atoms with E-state index < -0.39 is 0 Å². The molecule has 0 N–H and O–H groups in total. The van der Waals surface area contributed by atoms with E-state index in [-0.39, 0.29) is 5.69 Å². The lowest BCUT2D eigenvalue weighted by Crippen LogP contribution is -2.22. The molecule has 0 saturated carbocycles. The van der Waals surface area contributed by atoms with Gasteiger partial charge in [-0.05, 0) is 127 Å². The fraction of sp³-hybridized carbons (Fsp3) is 0. The Morgan fingerprint density at radius 3 is 0.810 bits per heavy atom. The van der Waals surface area contributed by atoms with Gasteiger partial charge in [0.25, 0.3) is 0 Å². The molecule has 3 nitrogen and oxygen atoms in total. The second-order valence-corrected chi connectivity index (χ2v) is 14.6. The van der Waals surface area contributed by atoms with Crippen LogP contribution in [0.15, 0.2) is 235 Å². The lowest BCUT2D eigenvalue weighted by molar-refractivity contribution is 0.931. The maximum Gasteiger partial charge on any atom is 0.338 e. The largest absolute Gasteiger partial charge is 0.338 e. The summed E-state index contributed by atoms with van der Waals surface area (Å²) in [5, 5.41) is 0. The molecule has 274 valence electrons. The normalized spacial score (nSPS) is 11.2. The molecular formula is C55H38N2O. The molecule has 0 saturated heterocycles. The molecule has 0 bridgehead atoms. The standard InChI is InChI=1S/C55H38N2O/c58-55-56(51-35-47(41-21-9-3-10-22-41)33-49(37-51)45-27-15-25-43(31-45)39-17-5-1-6-18-39)53-29-13-14-30-54(53)57(55)52-36-48(42-23-11-4-12-24-42)34-50(38-52)46-28-16-26-44(32-46)40-19-7-2-8-20-40/h1-38H. The van der Waals surface area contributed by atoms with Crippen molar-refractivity contribution in [3.63, 3.8) is 0 Å². The molecule has 10 aromatic rings. The van der Waals surface area contributed by atoms with Crippen molar-refractivity contribution in [1.29, 1.82) is 0 Å². The van der Waals surface area contributed by atoms with E-state index in [9.17, 15) is 0 Å². The highest BCUT2D eigenvalue weighted by atomic mass is 16.1. The van der Waals surface area contributed by atoms with E-state index in [2.05, 4.69) is 182 Å². The molecule has 0 atom stereocenters. The fourth-order valence-electron chi connectivity index (χ4n) is 8.07. The van der Waals surface area contributed by atoms with Gasteiger partial charge in [-0.2, -0.15) is 0 Å². The van der Waals surface area contributed by atoms with Gasteiger partial charge in [-0.25, -0.2) is 4.79 Å². The molecular weight excluding hydrogens is 705 g/mol. The first-order valence-corrected chi connectivity index (χ1v) is 19.6. The smallest absolute Gasteiger partial charge is 0.260 e. The van der Waals surface area contributed by atoms with Crippen molar-refractivity contribution in [2.45, 2.75) is 0 Å². The van der Waals surface area contributed by atoms with Crippen LogP contribution in [0.2, 0.25) is 0 Å². The van der Waals surface area contributed by atoms with Crippen LogP contribution in [-0.2, 0) is 0 Å². The number of nitrogens with zero attached hydrogens (tertiary/aromatic N) is 2. The summed E-state index contributed by atoms with van der Waals surface area (Å²) in [6, 6.07) is 80.1. The molecule has 0 fully saturated rings. The molecule has 0 aliphatic carbocycles. The van der Waals surface area contributed by atoms with E-state index in [0.717, 1.165) is 89.2 Å². The summed E-state index contributed by atoms with van der Waals surface area (Å²) in [6.07, 6.45) is 0. The Labute approximate surface area is 338 Å². The molecule has 3 heteroatoms. The third-order valence-electron chi connectivity index (χ3n) is 10.9. The van der Waals surface area contributed by atoms with E-state index in [1.807, 2.05) is 57.7 Å². The number of hydrogen-bond donors (Lipinski definition) is 0. The van der Waals surface area contributed by atoms with Crippen molar-refractivity contribution < 1.29 is 0 Å². The van der Waals surface area contributed by atoms with Crippen LogP contribution in [0.4, 0.5) is 0 Å².